The molecular formula is C33H28ClN11O16S5. The van der Waals surface area contributed by atoms with E-state index in [9.17, 15) is 60.9 Å². The van der Waals surface area contributed by atoms with E-state index in [0.29, 0.717) is 0 Å². The summed E-state index contributed by atoms with van der Waals surface area (Å²) in [7, 11) is -23.8. The zero-order valence-electron chi connectivity index (χ0n) is 32.4. The molecule has 0 radical (unpaired) electrons. The number of phenols is 1. The Morgan fingerprint density at radius 3 is 1.88 bits per heavy atom. The number of nitrogen functional groups attached to an aromatic ring is 2. The standard InChI is InChI=1S/C33H28ClN11O16S5/c34-31-39-32(37-17-2-5-19(6-3-17)62(47,48)10-9-61-66(58,59)60)41-33(40-31)38-24-14-22(36)27(64(52,53)54)15-25(24)44-42-18-4-8-23(28(12-18)65(55,56)57)43-45-30-21(35)7-1-16-11-20(63(49,50)51)13-26(46)29(16)30/h1-8,11-15,46H,9-10,35-36H2,(H,49,50,51)(H,52,53,54)(H,55,56,57)(H,58,59,60)(H2,37,38,39,40,41). The van der Waals surface area contributed by atoms with Crippen molar-refractivity contribution in [3.05, 3.63) is 84.1 Å². The molecule has 348 valence electrons. The molecule has 6 rings (SSSR count). The third kappa shape index (κ3) is 12.0. The van der Waals surface area contributed by atoms with Crippen LogP contribution in [0.25, 0.3) is 10.8 Å². The highest BCUT2D eigenvalue weighted by Gasteiger charge is 2.22. The fraction of sp³-hybridized carbons (Fsp3) is 0.0606. The van der Waals surface area contributed by atoms with E-state index in [2.05, 4.69) is 50.2 Å². The van der Waals surface area contributed by atoms with E-state index in [1.54, 1.807) is 0 Å². The van der Waals surface area contributed by atoms with E-state index in [1.165, 1.54) is 24.3 Å². The first kappa shape index (κ1) is 48.9. The Bertz CT molecular complexity index is 3590. The molecule has 6 aromatic rings. The van der Waals surface area contributed by atoms with Gasteiger partial charge in [0, 0.05) is 11.8 Å². The highest BCUT2D eigenvalue weighted by molar-refractivity contribution is 7.91. The van der Waals surface area contributed by atoms with E-state index < -0.39 is 106 Å². The highest BCUT2D eigenvalue weighted by Crippen LogP contribution is 2.42. The van der Waals surface area contributed by atoms with E-state index >= 15 is 0 Å². The first-order valence-electron chi connectivity index (χ1n) is 17.4. The van der Waals surface area contributed by atoms with Crippen LogP contribution in [0.5, 0.6) is 5.75 Å². The van der Waals surface area contributed by atoms with Crippen LogP contribution in [0.2, 0.25) is 5.28 Å². The number of hydrogen-bond acceptors (Lipinski definition) is 23. The van der Waals surface area contributed by atoms with Crippen LogP contribution >= 0.6 is 11.6 Å². The van der Waals surface area contributed by atoms with Crippen LogP contribution in [0.3, 0.4) is 0 Å². The van der Waals surface area contributed by atoms with Gasteiger partial charge in [-0.25, -0.2) is 12.6 Å². The summed E-state index contributed by atoms with van der Waals surface area (Å²) in [5, 5.41) is 31.2. The quantitative estimate of drug-likeness (QED) is 0.0341. The molecule has 0 amide bonds. The molecule has 1 aromatic heterocycles. The molecule has 0 fully saturated rings. The number of nitrogens with two attached hydrogens (primary N) is 2. The number of sulfone groups is 1. The van der Waals surface area contributed by atoms with Crippen molar-refractivity contribution in [2.45, 2.75) is 19.6 Å². The molecule has 0 aliphatic heterocycles. The Balaban J connectivity index is 1.30. The summed E-state index contributed by atoms with van der Waals surface area (Å²) in [4.78, 5) is 9.41. The molecule has 0 bridgehead atoms. The van der Waals surface area contributed by atoms with Crippen molar-refractivity contribution in [3.8, 4) is 5.75 Å². The van der Waals surface area contributed by atoms with Gasteiger partial charge in [0.2, 0.25) is 17.2 Å². The van der Waals surface area contributed by atoms with Gasteiger partial charge in [0.05, 0.1) is 50.3 Å². The Labute approximate surface area is 377 Å². The van der Waals surface area contributed by atoms with Crippen molar-refractivity contribution < 1.29 is 69.6 Å². The number of anilines is 6. The van der Waals surface area contributed by atoms with Crippen LogP contribution in [-0.2, 0) is 54.8 Å². The maximum atomic E-state index is 12.5. The van der Waals surface area contributed by atoms with Gasteiger partial charge in [0.15, 0.2) is 9.84 Å². The summed E-state index contributed by atoms with van der Waals surface area (Å²) in [6, 6.07) is 13.9. The minimum Gasteiger partial charge on any atom is -0.507 e. The first-order chi connectivity index (χ1) is 30.6. The Morgan fingerprint density at radius 2 is 1.26 bits per heavy atom. The lowest BCUT2D eigenvalue weighted by Crippen LogP contribution is -2.15. The zero-order chi connectivity index (χ0) is 48.6. The lowest BCUT2D eigenvalue weighted by atomic mass is 10.1. The van der Waals surface area contributed by atoms with Crippen LogP contribution in [-0.4, -0.2) is 92.7 Å². The maximum absolute atomic E-state index is 12.5. The van der Waals surface area contributed by atoms with E-state index in [-0.39, 0.29) is 56.0 Å². The largest absolute Gasteiger partial charge is 0.507 e. The fourth-order valence-corrected chi connectivity index (χ4v) is 9.00. The minimum absolute atomic E-state index is 0.0356. The fourth-order valence-electron chi connectivity index (χ4n) is 5.56. The smallest absolute Gasteiger partial charge is 0.397 e. The summed E-state index contributed by atoms with van der Waals surface area (Å²) in [5.41, 5.74) is 9.85. The molecule has 0 saturated carbocycles. The molecule has 33 heteroatoms. The molecule has 0 aliphatic carbocycles. The third-order valence-electron chi connectivity index (χ3n) is 8.44. The predicted octanol–water partition coefficient (Wildman–Crippen LogP) is 5.20. The van der Waals surface area contributed by atoms with E-state index in [4.69, 9.17) is 27.6 Å². The summed E-state index contributed by atoms with van der Waals surface area (Å²) < 4.78 is 161. The van der Waals surface area contributed by atoms with Crippen molar-refractivity contribution in [2.24, 2.45) is 20.5 Å². The number of benzene rings is 5. The van der Waals surface area contributed by atoms with E-state index in [0.717, 1.165) is 54.6 Å². The molecule has 5 aromatic carbocycles. The van der Waals surface area contributed by atoms with Gasteiger partial charge in [-0.15, -0.1) is 15.3 Å². The molecular weight excluding hydrogens is 1000 g/mol. The molecule has 0 spiro atoms. The maximum Gasteiger partial charge on any atom is 0.397 e. The molecule has 27 nitrogen and oxygen atoms in total. The topological polar surface area (TPSA) is 445 Å². The lowest BCUT2D eigenvalue weighted by Gasteiger charge is -2.12. The van der Waals surface area contributed by atoms with Gasteiger partial charge in [-0.3, -0.25) is 18.2 Å². The van der Waals surface area contributed by atoms with Gasteiger partial charge < -0.3 is 27.2 Å². The van der Waals surface area contributed by atoms with Crippen LogP contribution in [0.15, 0.2) is 119 Å². The normalized spacial score (nSPS) is 12.9. The summed E-state index contributed by atoms with van der Waals surface area (Å²) in [5.74, 6) is -2.05. The first-order valence-corrected chi connectivity index (χ1v) is 25.1. The van der Waals surface area contributed by atoms with E-state index in [1.807, 2.05) is 0 Å². The van der Waals surface area contributed by atoms with Crippen LogP contribution in [0.4, 0.5) is 57.4 Å². The van der Waals surface area contributed by atoms with Crippen molar-refractivity contribution in [1.29, 1.82) is 0 Å². The number of aromatic hydroxyl groups is 1. The second kappa shape index (κ2) is 18.4. The van der Waals surface area contributed by atoms with Crippen LogP contribution in [0, 0.1) is 0 Å². The Kier molecular flexibility index (Phi) is 13.6. The number of phenolic OH excluding ortho intramolecular Hbond substituents is 1. The third-order valence-corrected chi connectivity index (χ3v) is 13.4. The molecule has 66 heavy (non-hydrogen) atoms. The number of nitrogens with one attached hydrogen (secondary N) is 2. The Hall–Kier alpha value is -6.59. The van der Waals surface area contributed by atoms with Crippen molar-refractivity contribution in [3.63, 3.8) is 0 Å². The van der Waals surface area contributed by atoms with Crippen LogP contribution in [0.1, 0.15) is 0 Å². The average Bonchev–Trinajstić information content (AvgIpc) is 3.18. The van der Waals surface area contributed by atoms with Gasteiger partial charge in [0.1, 0.15) is 32.6 Å². The van der Waals surface area contributed by atoms with Gasteiger partial charge in [0.25, 0.3) is 30.4 Å². The second-order valence-corrected chi connectivity index (χ2v) is 20.8. The van der Waals surface area contributed by atoms with Crippen molar-refractivity contribution in [2.75, 3.05) is 34.5 Å². The number of aromatic nitrogens is 3. The molecule has 0 unspecified atom stereocenters. The van der Waals surface area contributed by atoms with Crippen molar-refractivity contribution >= 4 is 130 Å². The number of halogens is 1. The number of nitrogens with zero attached hydrogens (tertiary/aromatic N) is 7. The lowest BCUT2D eigenvalue weighted by molar-refractivity contribution is 0.284. The SMILES string of the molecule is Nc1cc(Nc2nc(Cl)nc(Nc3ccc(S(=O)(=O)CCOS(=O)(=O)O)cc3)n2)c(N=Nc2ccc(N=Nc3c(N)ccc4cc(S(=O)(=O)O)cc(O)c34)c(S(=O)(=O)O)c2)cc1S(=O)(=O)O. The molecule has 11 N–H and O–H groups in total. The molecule has 1 heterocycles. The van der Waals surface area contributed by atoms with Crippen molar-refractivity contribution in [1.82, 2.24) is 15.0 Å². The predicted molar refractivity (Wildman–Crippen MR) is 233 cm³/mol. The van der Waals surface area contributed by atoms with Gasteiger partial charge in [-0.2, -0.15) is 53.7 Å². The molecule has 0 aliphatic rings. The summed E-state index contributed by atoms with van der Waals surface area (Å²) >= 11 is 6.13. The average molecular weight is 1030 g/mol. The van der Waals surface area contributed by atoms with Crippen LogP contribution < -0.4 is 22.1 Å². The van der Waals surface area contributed by atoms with Gasteiger partial charge in [-0.1, -0.05) is 6.07 Å². The highest BCUT2D eigenvalue weighted by atomic mass is 35.5. The second-order valence-electron chi connectivity index (χ2n) is 13.0. The van der Waals surface area contributed by atoms with Gasteiger partial charge >= 0.3 is 10.4 Å². The summed E-state index contributed by atoms with van der Waals surface area (Å²) in [6.07, 6.45) is 0. The van der Waals surface area contributed by atoms with Gasteiger partial charge in [-0.05, 0) is 83.7 Å². The number of fused-ring (bicyclic) bond motifs is 1. The molecule has 0 saturated heterocycles. The summed E-state index contributed by atoms with van der Waals surface area (Å²) in [6.45, 7) is -0.849. The number of hydrogen-bond donors (Lipinski definition) is 9. The number of azo groups is 2. The minimum atomic E-state index is -5.12. The monoisotopic (exact) mass is 1030 g/mol. The number of rotatable bonds is 16. The Morgan fingerprint density at radius 1 is 0.621 bits per heavy atom. The zero-order valence-corrected chi connectivity index (χ0v) is 37.2. The molecule has 0 atom stereocenters.